The first-order valence-corrected chi connectivity index (χ1v) is 6.17. The van der Waals surface area contributed by atoms with Gasteiger partial charge in [-0.2, -0.15) is 4.98 Å². The molecule has 1 aliphatic rings. The van der Waals surface area contributed by atoms with Gasteiger partial charge in [0.2, 0.25) is 5.95 Å². The van der Waals surface area contributed by atoms with Gasteiger partial charge >= 0.3 is 0 Å². The molecule has 4 heteroatoms. The number of hydrogen-bond donors (Lipinski definition) is 2. The number of nitrogens with one attached hydrogen (secondary N) is 2. The minimum absolute atomic E-state index is 0.629. The zero-order chi connectivity index (χ0) is 11.4. The Morgan fingerprint density at radius 3 is 3.06 bits per heavy atom. The second kappa shape index (κ2) is 5.14. The summed E-state index contributed by atoms with van der Waals surface area (Å²) in [4.78, 5) is 8.55. The summed E-state index contributed by atoms with van der Waals surface area (Å²) in [5.74, 6) is 2.50. The topological polar surface area (TPSA) is 49.8 Å². The molecule has 0 bridgehead atoms. The molecule has 0 amide bonds. The highest BCUT2D eigenvalue weighted by Gasteiger charge is 2.36. The van der Waals surface area contributed by atoms with Gasteiger partial charge in [0.05, 0.1) is 0 Å². The molecule has 0 aliphatic heterocycles. The van der Waals surface area contributed by atoms with Crippen LogP contribution in [0.15, 0.2) is 12.3 Å². The second-order valence-corrected chi connectivity index (χ2v) is 4.33. The smallest absolute Gasteiger partial charge is 0.224 e. The van der Waals surface area contributed by atoms with E-state index in [1.165, 1.54) is 19.3 Å². The zero-order valence-corrected chi connectivity index (χ0v) is 10.0. The fourth-order valence-electron chi connectivity index (χ4n) is 1.99. The van der Waals surface area contributed by atoms with Crippen molar-refractivity contribution in [2.75, 3.05) is 17.2 Å². The highest BCUT2D eigenvalue weighted by atomic mass is 15.1. The summed E-state index contributed by atoms with van der Waals surface area (Å²) in [6.45, 7) is 5.14. The normalized spacial score (nSPS) is 22.9. The Morgan fingerprint density at radius 2 is 2.31 bits per heavy atom. The lowest BCUT2D eigenvalue weighted by atomic mass is 10.2. The largest absolute Gasteiger partial charge is 0.367 e. The van der Waals surface area contributed by atoms with E-state index in [0.717, 1.165) is 18.3 Å². The van der Waals surface area contributed by atoms with Crippen LogP contribution in [0.25, 0.3) is 0 Å². The maximum absolute atomic E-state index is 4.40. The van der Waals surface area contributed by atoms with Crippen molar-refractivity contribution in [2.45, 2.75) is 39.2 Å². The Hall–Kier alpha value is -1.32. The number of rotatable bonds is 6. The van der Waals surface area contributed by atoms with Gasteiger partial charge < -0.3 is 10.6 Å². The van der Waals surface area contributed by atoms with Gasteiger partial charge in [0.1, 0.15) is 5.82 Å². The fraction of sp³-hybridized carbons (Fsp3) is 0.667. The molecule has 16 heavy (non-hydrogen) atoms. The minimum atomic E-state index is 0.629. The number of anilines is 2. The Balaban J connectivity index is 1.87. The van der Waals surface area contributed by atoms with Crippen LogP contribution in [0.2, 0.25) is 0 Å². The molecule has 1 aliphatic carbocycles. The summed E-state index contributed by atoms with van der Waals surface area (Å²) >= 11 is 0. The molecule has 1 saturated carbocycles. The van der Waals surface area contributed by atoms with E-state index in [4.69, 9.17) is 0 Å². The number of hydrogen-bond acceptors (Lipinski definition) is 4. The third-order valence-electron chi connectivity index (χ3n) is 2.91. The molecular weight excluding hydrogens is 200 g/mol. The van der Waals surface area contributed by atoms with E-state index in [2.05, 4.69) is 27.5 Å². The average Bonchev–Trinajstić information content (AvgIpc) is 2.98. The van der Waals surface area contributed by atoms with Crippen molar-refractivity contribution in [1.82, 2.24) is 9.97 Å². The molecule has 0 saturated heterocycles. The van der Waals surface area contributed by atoms with E-state index in [0.29, 0.717) is 12.0 Å². The predicted molar refractivity (Wildman–Crippen MR) is 66.6 cm³/mol. The monoisotopic (exact) mass is 220 g/mol. The molecule has 1 aromatic rings. The first-order chi connectivity index (χ1) is 7.83. The summed E-state index contributed by atoms with van der Waals surface area (Å²) in [5.41, 5.74) is 0. The van der Waals surface area contributed by atoms with Crippen LogP contribution in [0.5, 0.6) is 0 Å². The SMILES string of the molecule is CCCC1CC1Nc1ccnc(NCC)n1. The Morgan fingerprint density at radius 1 is 1.44 bits per heavy atom. The van der Waals surface area contributed by atoms with E-state index in [1.807, 2.05) is 13.0 Å². The van der Waals surface area contributed by atoms with E-state index in [9.17, 15) is 0 Å². The first-order valence-electron chi connectivity index (χ1n) is 6.17. The van der Waals surface area contributed by atoms with Crippen LogP contribution in [0, 0.1) is 5.92 Å². The van der Waals surface area contributed by atoms with Gasteiger partial charge in [-0.3, -0.25) is 0 Å². The Bertz CT molecular complexity index is 340. The highest BCUT2D eigenvalue weighted by molar-refractivity contribution is 5.41. The van der Waals surface area contributed by atoms with Gasteiger partial charge in [-0.25, -0.2) is 4.98 Å². The van der Waals surface area contributed by atoms with Gasteiger partial charge in [-0.05, 0) is 31.7 Å². The minimum Gasteiger partial charge on any atom is -0.367 e. The maximum Gasteiger partial charge on any atom is 0.224 e. The quantitative estimate of drug-likeness (QED) is 0.773. The molecule has 1 heterocycles. The zero-order valence-electron chi connectivity index (χ0n) is 10.0. The molecular formula is C12H20N4. The second-order valence-electron chi connectivity index (χ2n) is 4.33. The summed E-state index contributed by atoms with van der Waals surface area (Å²) in [7, 11) is 0. The van der Waals surface area contributed by atoms with Gasteiger partial charge in [-0.15, -0.1) is 0 Å². The summed E-state index contributed by atoms with van der Waals surface area (Å²) in [6, 6.07) is 2.56. The molecule has 1 fully saturated rings. The molecule has 2 N–H and O–H groups in total. The van der Waals surface area contributed by atoms with Crippen molar-refractivity contribution < 1.29 is 0 Å². The fourth-order valence-corrected chi connectivity index (χ4v) is 1.99. The van der Waals surface area contributed by atoms with Crippen LogP contribution < -0.4 is 10.6 Å². The van der Waals surface area contributed by atoms with Crippen LogP contribution in [-0.4, -0.2) is 22.6 Å². The number of aromatic nitrogens is 2. The van der Waals surface area contributed by atoms with Gasteiger partial charge in [0.25, 0.3) is 0 Å². The Labute approximate surface area is 96.9 Å². The van der Waals surface area contributed by atoms with E-state index >= 15 is 0 Å². The molecule has 0 spiro atoms. The van der Waals surface area contributed by atoms with E-state index in [1.54, 1.807) is 6.20 Å². The van der Waals surface area contributed by atoms with Crippen molar-refractivity contribution in [3.63, 3.8) is 0 Å². The van der Waals surface area contributed by atoms with Crippen molar-refractivity contribution in [1.29, 1.82) is 0 Å². The lowest BCUT2D eigenvalue weighted by molar-refractivity contribution is 0.692. The molecule has 0 aromatic carbocycles. The lowest BCUT2D eigenvalue weighted by Gasteiger charge is -2.06. The van der Waals surface area contributed by atoms with Gasteiger partial charge in [0, 0.05) is 18.8 Å². The van der Waals surface area contributed by atoms with Crippen LogP contribution in [-0.2, 0) is 0 Å². The van der Waals surface area contributed by atoms with Crippen molar-refractivity contribution in [2.24, 2.45) is 5.92 Å². The highest BCUT2D eigenvalue weighted by Crippen LogP contribution is 2.36. The van der Waals surface area contributed by atoms with Crippen LogP contribution in [0.1, 0.15) is 33.1 Å². The standard InChI is InChI=1S/C12H20N4/c1-3-5-9-8-10(9)15-11-6-7-14-12(16-11)13-4-2/h6-7,9-10H,3-5,8H2,1-2H3,(H2,13,14,15,16). The van der Waals surface area contributed by atoms with Crippen molar-refractivity contribution >= 4 is 11.8 Å². The molecule has 2 unspecified atom stereocenters. The van der Waals surface area contributed by atoms with Gasteiger partial charge in [0.15, 0.2) is 0 Å². The van der Waals surface area contributed by atoms with Crippen molar-refractivity contribution in [3.05, 3.63) is 12.3 Å². The van der Waals surface area contributed by atoms with Gasteiger partial charge in [-0.1, -0.05) is 13.3 Å². The van der Waals surface area contributed by atoms with Crippen LogP contribution in [0.4, 0.5) is 11.8 Å². The third-order valence-corrected chi connectivity index (χ3v) is 2.91. The maximum atomic E-state index is 4.40. The van der Waals surface area contributed by atoms with Crippen LogP contribution >= 0.6 is 0 Å². The summed E-state index contributed by atoms with van der Waals surface area (Å²) in [6.07, 6.45) is 5.68. The van der Waals surface area contributed by atoms with Crippen molar-refractivity contribution in [3.8, 4) is 0 Å². The number of nitrogens with zero attached hydrogens (tertiary/aromatic N) is 2. The van der Waals surface area contributed by atoms with E-state index in [-0.39, 0.29) is 0 Å². The molecule has 2 rings (SSSR count). The lowest BCUT2D eigenvalue weighted by Crippen LogP contribution is -2.09. The van der Waals surface area contributed by atoms with E-state index < -0.39 is 0 Å². The first kappa shape index (κ1) is 11.2. The van der Waals surface area contributed by atoms with Crippen LogP contribution in [0.3, 0.4) is 0 Å². The molecule has 4 nitrogen and oxygen atoms in total. The molecule has 2 atom stereocenters. The molecule has 88 valence electrons. The third kappa shape index (κ3) is 2.84. The Kier molecular flexibility index (Phi) is 3.59. The summed E-state index contributed by atoms with van der Waals surface area (Å²) < 4.78 is 0. The molecule has 1 aromatic heterocycles. The average molecular weight is 220 g/mol. The summed E-state index contributed by atoms with van der Waals surface area (Å²) in [5, 5.41) is 6.57. The predicted octanol–water partition coefficient (Wildman–Crippen LogP) is 2.51. The molecule has 0 radical (unpaired) electrons.